The van der Waals surface area contributed by atoms with Crippen molar-refractivity contribution in [2.75, 3.05) is 31.1 Å². The maximum Gasteiger partial charge on any atom is 0.222 e. The first kappa shape index (κ1) is 19.0. The van der Waals surface area contributed by atoms with Gasteiger partial charge in [0.15, 0.2) is 11.5 Å². The Morgan fingerprint density at radius 1 is 0.933 bits per heavy atom. The lowest BCUT2D eigenvalue weighted by molar-refractivity contribution is -0.130. The molecule has 156 valence electrons. The van der Waals surface area contributed by atoms with Crippen molar-refractivity contribution in [2.45, 2.75) is 44.4 Å². The van der Waals surface area contributed by atoms with Gasteiger partial charge in [0.2, 0.25) is 5.91 Å². The summed E-state index contributed by atoms with van der Waals surface area (Å²) in [7, 11) is 0. The number of carbonyl (C=O) groups excluding carboxylic acids is 1. The van der Waals surface area contributed by atoms with Gasteiger partial charge in [0.05, 0.1) is 0 Å². The summed E-state index contributed by atoms with van der Waals surface area (Å²) < 4.78 is 1.92. The van der Waals surface area contributed by atoms with Crippen LogP contribution in [0.4, 0.5) is 5.82 Å². The lowest BCUT2D eigenvalue weighted by atomic mass is 9.85. The van der Waals surface area contributed by atoms with E-state index >= 15 is 0 Å². The summed E-state index contributed by atoms with van der Waals surface area (Å²) in [6.45, 7) is 3.26. The molecular weight excluding hydrogens is 376 g/mol. The van der Waals surface area contributed by atoms with Gasteiger partial charge in [-0.25, -0.2) is 0 Å². The maximum absolute atomic E-state index is 12.7. The van der Waals surface area contributed by atoms with Gasteiger partial charge in [0.1, 0.15) is 5.82 Å². The molecule has 7 nitrogen and oxygen atoms in total. The zero-order valence-electron chi connectivity index (χ0n) is 17.3. The molecule has 5 rings (SSSR count). The van der Waals surface area contributed by atoms with E-state index in [0.717, 1.165) is 56.3 Å². The third-order valence-corrected chi connectivity index (χ3v) is 6.39. The van der Waals surface area contributed by atoms with Crippen molar-refractivity contribution in [1.82, 2.24) is 24.7 Å². The van der Waals surface area contributed by atoms with Crippen LogP contribution in [0.25, 0.3) is 5.65 Å². The standard InChI is InChI=1S/C23H28N6O/c30-22(13-10-18-6-2-1-3-7-18)28-15-5-14-27(16-17-28)21-12-11-20-24-25-23(29(20)26-21)19-8-4-9-19/h1-3,6-7,11-12,19H,4-5,8-10,13-17H2. The van der Waals surface area contributed by atoms with Gasteiger partial charge in [-0.1, -0.05) is 36.8 Å². The first-order valence-electron chi connectivity index (χ1n) is 11.1. The highest BCUT2D eigenvalue weighted by Gasteiger charge is 2.26. The molecule has 1 saturated heterocycles. The average Bonchev–Trinajstić information content (AvgIpc) is 2.98. The van der Waals surface area contributed by atoms with Crippen LogP contribution in [-0.4, -0.2) is 56.8 Å². The number of benzene rings is 1. The van der Waals surface area contributed by atoms with Crippen molar-refractivity contribution in [3.05, 3.63) is 53.9 Å². The van der Waals surface area contributed by atoms with Crippen LogP contribution in [0.3, 0.4) is 0 Å². The largest absolute Gasteiger partial charge is 0.353 e. The fourth-order valence-electron chi connectivity index (χ4n) is 4.34. The molecule has 0 radical (unpaired) electrons. The van der Waals surface area contributed by atoms with Crippen molar-refractivity contribution in [3.8, 4) is 0 Å². The molecule has 1 aromatic carbocycles. The van der Waals surface area contributed by atoms with Crippen molar-refractivity contribution in [3.63, 3.8) is 0 Å². The summed E-state index contributed by atoms with van der Waals surface area (Å²) in [5.41, 5.74) is 2.03. The zero-order chi connectivity index (χ0) is 20.3. The van der Waals surface area contributed by atoms with E-state index in [2.05, 4.69) is 27.2 Å². The van der Waals surface area contributed by atoms with Gasteiger partial charge >= 0.3 is 0 Å². The highest BCUT2D eigenvalue weighted by molar-refractivity contribution is 5.76. The molecule has 0 bridgehead atoms. The normalized spacial score (nSPS) is 17.7. The minimum atomic E-state index is 0.246. The molecule has 0 unspecified atom stereocenters. The van der Waals surface area contributed by atoms with Crippen LogP contribution in [0.2, 0.25) is 0 Å². The smallest absolute Gasteiger partial charge is 0.222 e. The molecule has 3 heterocycles. The van der Waals surface area contributed by atoms with Gasteiger partial charge in [-0.2, -0.15) is 4.52 Å². The minimum absolute atomic E-state index is 0.246. The van der Waals surface area contributed by atoms with Crippen molar-refractivity contribution in [2.24, 2.45) is 0 Å². The molecule has 2 fully saturated rings. The Bertz CT molecular complexity index is 1010. The zero-order valence-corrected chi connectivity index (χ0v) is 17.3. The van der Waals surface area contributed by atoms with E-state index in [1.54, 1.807) is 0 Å². The predicted octanol–water partition coefficient (Wildman–Crippen LogP) is 3.06. The number of aromatic nitrogens is 4. The molecule has 1 aliphatic carbocycles. The first-order chi connectivity index (χ1) is 14.8. The van der Waals surface area contributed by atoms with E-state index in [9.17, 15) is 4.79 Å². The number of amides is 1. The second-order valence-corrected chi connectivity index (χ2v) is 8.35. The van der Waals surface area contributed by atoms with E-state index < -0.39 is 0 Å². The highest BCUT2D eigenvalue weighted by Crippen LogP contribution is 2.35. The fourth-order valence-corrected chi connectivity index (χ4v) is 4.34. The van der Waals surface area contributed by atoms with E-state index in [-0.39, 0.29) is 5.91 Å². The molecule has 2 aromatic heterocycles. The number of hydrogen-bond acceptors (Lipinski definition) is 5. The van der Waals surface area contributed by atoms with E-state index in [1.807, 2.05) is 39.7 Å². The number of aryl methyl sites for hydroxylation is 1. The van der Waals surface area contributed by atoms with Crippen molar-refractivity contribution in [1.29, 1.82) is 0 Å². The fraction of sp³-hybridized carbons (Fsp3) is 0.478. The van der Waals surface area contributed by atoms with Crippen LogP contribution >= 0.6 is 0 Å². The number of carbonyl (C=O) groups is 1. The SMILES string of the molecule is O=C(CCc1ccccc1)N1CCCN(c2ccc3nnc(C4CCC4)n3n2)CC1. The molecule has 0 atom stereocenters. The Kier molecular flexibility index (Phi) is 5.34. The molecule has 0 N–H and O–H groups in total. The van der Waals surface area contributed by atoms with Gasteiger partial charge < -0.3 is 9.80 Å². The summed E-state index contributed by atoms with van der Waals surface area (Å²) in [4.78, 5) is 17.0. The quantitative estimate of drug-likeness (QED) is 0.654. The lowest BCUT2D eigenvalue weighted by Gasteiger charge is -2.24. The monoisotopic (exact) mass is 404 g/mol. The molecule has 7 heteroatoms. The number of fused-ring (bicyclic) bond motifs is 1. The second kappa shape index (κ2) is 8.42. The van der Waals surface area contributed by atoms with E-state index in [4.69, 9.17) is 5.10 Å². The summed E-state index contributed by atoms with van der Waals surface area (Å²) >= 11 is 0. The van der Waals surface area contributed by atoms with Crippen LogP contribution in [0.1, 0.15) is 49.4 Å². The Balaban J connectivity index is 1.23. The first-order valence-corrected chi connectivity index (χ1v) is 11.1. The van der Waals surface area contributed by atoms with Crippen LogP contribution in [0.15, 0.2) is 42.5 Å². The molecular formula is C23H28N6O. The molecule has 30 heavy (non-hydrogen) atoms. The van der Waals surface area contributed by atoms with Gasteiger partial charge in [0.25, 0.3) is 0 Å². The Labute approximate surface area is 176 Å². The molecule has 1 saturated carbocycles. The average molecular weight is 405 g/mol. The molecule has 2 aliphatic rings. The van der Waals surface area contributed by atoms with Crippen LogP contribution in [-0.2, 0) is 11.2 Å². The number of hydrogen-bond donors (Lipinski definition) is 0. The number of rotatable bonds is 5. The predicted molar refractivity (Wildman–Crippen MR) is 116 cm³/mol. The lowest BCUT2D eigenvalue weighted by Crippen LogP contribution is -2.35. The van der Waals surface area contributed by atoms with Gasteiger partial charge in [-0.3, -0.25) is 4.79 Å². The molecule has 1 aliphatic heterocycles. The Morgan fingerprint density at radius 2 is 1.80 bits per heavy atom. The molecule has 1 amide bonds. The number of nitrogens with zero attached hydrogens (tertiary/aromatic N) is 6. The van der Waals surface area contributed by atoms with Crippen molar-refractivity contribution < 1.29 is 4.79 Å². The Hall–Kier alpha value is -2.96. The Morgan fingerprint density at radius 3 is 2.60 bits per heavy atom. The molecule has 3 aromatic rings. The third-order valence-electron chi connectivity index (χ3n) is 6.39. The van der Waals surface area contributed by atoms with Crippen molar-refractivity contribution >= 4 is 17.4 Å². The topological polar surface area (TPSA) is 66.6 Å². The third kappa shape index (κ3) is 3.88. The highest BCUT2D eigenvalue weighted by atomic mass is 16.2. The number of anilines is 1. The van der Waals surface area contributed by atoms with Gasteiger partial charge in [0, 0.05) is 38.5 Å². The van der Waals surface area contributed by atoms with Crippen LogP contribution in [0, 0.1) is 0 Å². The minimum Gasteiger partial charge on any atom is -0.353 e. The summed E-state index contributed by atoms with van der Waals surface area (Å²) in [6.07, 6.45) is 5.94. The van der Waals surface area contributed by atoms with Crippen LogP contribution < -0.4 is 4.90 Å². The summed E-state index contributed by atoms with van der Waals surface area (Å²) in [5.74, 6) is 2.67. The van der Waals surface area contributed by atoms with E-state index in [0.29, 0.717) is 12.3 Å². The van der Waals surface area contributed by atoms with Crippen LogP contribution in [0.5, 0.6) is 0 Å². The van der Waals surface area contributed by atoms with Gasteiger partial charge in [-0.05, 0) is 43.4 Å². The second-order valence-electron chi connectivity index (χ2n) is 8.35. The summed E-state index contributed by atoms with van der Waals surface area (Å²) in [6, 6.07) is 14.3. The summed E-state index contributed by atoms with van der Waals surface area (Å²) in [5, 5.41) is 13.5. The van der Waals surface area contributed by atoms with Gasteiger partial charge in [-0.15, -0.1) is 15.3 Å². The van der Waals surface area contributed by atoms with E-state index in [1.165, 1.54) is 24.8 Å². The molecule has 0 spiro atoms. The maximum atomic E-state index is 12.7.